The minimum absolute atomic E-state index is 0.305. The molecule has 2 rings (SSSR count). The Hall–Kier alpha value is -1.08. The van der Waals surface area contributed by atoms with Gasteiger partial charge in [0.15, 0.2) is 0 Å². The average Bonchev–Trinajstić information content (AvgIpc) is 2.91. The number of ether oxygens (including phenoxy) is 1. The fraction of sp³-hybridized carbons (Fsp3) is 0.429. The van der Waals surface area contributed by atoms with Crippen molar-refractivity contribution in [1.82, 2.24) is 15.5 Å². The van der Waals surface area contributed by atoms with Gasteiger partial charge in [-0.2, -0.15) is 0 Å². The number of methoxy groups -OCH3 is 1. The highest BCUT2D eigenvalue weighted by Crippen LogP contribution is 2.23. The standard InChI is InChI=1S/C14H17ClFN3OS/c1-20-8-7-17-6-5-13-18-19-14(21-13)9-10-11(15)3-2-4-12(10)16/h2-4,17H,5-9H2,1H3. The van der Waals surface area contributed by atoms with Gasteiger partial charge >= 0.3 is 0 Å². The van der Waals surface area contributed by atoms with Crippen LogP contribution in [-0.2, 0) is 17.6 Å². The number of nitrogens with zero attached hydrogens (tertiary/aromatic N) is 2. The number of hydrogen-bond donors (Lipinski definition) is 1. The second-order valence-corrected chi connectivity index (χ2v) is 6.01. The second kappa shape index (κ2) is 8.38. The van der Waals surface area contributed by atoms with Crippen LogP contribution in [-0.4, -0.2) is 37.0 Å². The quantitative estimate of drug-likeness (QED) is 0.756. The highest BCUT2D eigenvalue weighted by Gasteiger charge is 2.11. The van der Waals surface area contributed by atoms with Gasteiger partial charge in [-0.1, -0.05) is 17.7 Å². The first-order chi connectivity index (χ1) is 10.2. The first kappa shape index (κ1) is 16.3. The molecule has 4 nitrogen and oxygen atoms in total. The minimum Gasteiger partial charge on any atom is -0.383 e. The molecule has 0 saturated heterocycles. The van der Waals surface area contributed by atoms with Gasteiger partial charge in [-0.25, -0.2) is 4.39 Å². The zero-order chi connectivity index (χ0) is 15.1. The third kappa shape index (κ3) is 5.00. The average molecular weight is 330 g/mol. The summed E-state index contributed by atoms with van der Waals surface area (Å²) in [5.41, 5.74) is 0.472. The molecule has 0 atom stereocenters. The van der Waals surface area contributed by atoms with E-state index in [0.29, 0.717) is 23.6 Å². The Labute approximate surface area is 132 Å². The van der Waals surface area contributed by atoms with E-state index in [4.69, 9.17) is 16.3 Å². The van der Waals surface area contributed by atoms with Gasteiger partial charge in [0.05, 0.1) is 6.61 Å². The second-order valence-electron chi connectivity index (χ2n) is 4.46. The van der Waals surface area contributed by atoms with Gasteiger partial charge in [0.1, 0.15) is 15.8 Å². The Bertz CT molecular complexity index is 559. The lowest BCUT2D eigenvalue weighted by molar-refractivity contribution is 0.199. The van der Waals surface area contributed by atoms with Crippen LogP contribution < -0.4 is 5.32 Å². The molecule has 1 N–H and O–H groups in total. The normalized spacial score (nSPS) is 11.0. The van der Waals surface area contributed by atoms with E-state index in [0.717, 1.165) is 29.5 Å². The molecule has 0 spiro atoms. The Kier molecular flexibility index (Phi) is 6.50. The van der Waals surface area contributed by atoms with Crippen LogP contribution in [0.3, 0.4) is 0 Å². The van der Waals surface area contributed by atoms with Gasteiger partial charge < -0.3 is 10.1 Å². The summed E-state index contributed by atoms with van der Waals surface area (Å²) >= 11 is 7.50. The zero-order valence-electron chi connectivity index (χ0n) is 11.7. The zero-order valence-corrected chi connectivity index (χ0v) is 13.3. The molecule has 1 aromatic heterocycles. The smallest absolute Gasteiger partial charge is 0.128 e. The molecule has 0 aliphatic heterocycles. The Morgan fingerprint density at radius 1 is 1.29 bits per heavy atom. The van der Waals surface area contributed by atoms with Crippen molar-refractivity contribution in [3.05, 3.63) is 44.6 Å². The summed E-state index contributed by atoms with van der Waals surface area (Å²) in [7, 11) is 1.67. The van der Waals surface area contributed by atoms with Crippen LogP contribution in [0.4, 0.5) is 4.39 Å². The number of nitrogens with one attached hydrogen (secondary N) is 1. The summed E-state index contributed by atoms with van der Waals surface area (Å²) in [4.78, 5) is 0. The van der Waals surface area contributed by atoms with Crippen LogP contribution in [0.5, 0.6) is 0 Å². The fourth-order valence-electron chi connectivity index (χ4n) is 1.81. The largest absolute Gasteiger partial charge is 0.383 e. The van der Waals surface area contributed by atoms with Gasteiger partial charge in [-0.3, -0.25) is 0 Å². The summed E-state index contributed by atoms with van der Waals surface area (Å²) in [5.74, 6) is -0.305. The first-order valence-electron chi connectivity index (χ1n) is 6.64. The number of halogens is 2. The van der Waals surface area contributed by atoms with Crippen molar-refractivity contribution in [1.29, 1.82) is 0 Å². The lowest BCUT2D eigenvalue weighted by atomic mass is 10.1. The monoisotopic (exact) mass is 329 g/mol. The molecule has 0 aliphatic rings. The maximum atomic E-state index is 13.7. The maximum Gasteiger partial charge on any atom is 0.128 e. The van der Waals surface area contributed by atoms with E-state index in [1.807, 2.05) is 0 Å². The molecule has 2 aromatic rings. The Balaban J connectivity index is 1.88. The number of hydrogen-bond acceptors (Lipinski definition) is 5. The molecule has 0 radical (unpaired) electrons. The fourth-order valence-corrected chi connectivity index (χ4v) is 2.89. The van der Waals surface area contributed by atoms with Crippen molar-refractivity contribution in [2.75, 3.05) is 26.8 Å². The molecule has 0 saturated carbocycles. The van der Waals surface area contributed by atoms with Crippen LogP contribution in [0.2, 0.25) is 5.02 Å². The molecule has 0 fully saturated rings. The Morgan fingerprint density at radius 2 is 2.10 bits per heavy atom. The van der Waals surface area contributed by atoms with E-state index in [1.54, 1.807) is 19.2 Å². The molecule has 0 aliphatic carbocycles. The molecule has 0 bridgehead atoms. The van der Waals surface area contributed by atoms with Crippen molar-refractivity contribution >= 4 is 22.9 Å². The van der Waals surface area contributed by atoms with Gasteiger partial charge in [-0.05, 0) is 12.1 Å². The van der Waals surface area contributed by atoms with Crippen molar-refractivity contribution in [3.63, 3.8) is 0 Å². The van der Waals surface area contributed by atoms with Gasteiger partial charge in [-0.15, -0.1) is 21.5 Å². The first-order valence-corrected chi connectivity index (χ1v) is 7.84. The predicted octanol–water partition coefficient (Wildman–Crippen LogP) is 2.70. The van der Waals surface area contributed by atoms with E-state index < -0.39 is 0 Å². The predicted molar refractivity (Wildman–Crippen MR) is 82.6 cm³/mol. The van der Waals surface area contributed by atoms with E-state index in [9.17, 15) is 4.39 Å². The van der Waals surface area contributed by atoms with E-state index in [2.05, 4.69) is 15.5 Å². The third-order valence-electron chi connectivity index (χ3n) is 2.90. The third-order valence-corrected chi connectivity index (χ3v) is 4.23. The molecule has 114 valence electrons. The van der Waals surface area contributed by atoms with E-state index in [1.165, 1.54) is 17.4 Å². The molecule has 0 amide bonds. The lowest BCUT2D eigenvalue weighted by Gasteiger charge is -2.02. The van der Waals surface area contributed by atoms with Gasteiger partial charge in [0.25, 0.3) is 0 Å². The molecule has 0 unspecified atom stereocenters. The summed E-state index contributed by atoms with van der Waals surface area (Å²) in [5, 5.41) is 13.6. The van der Waals surface area contributed by atoms with Crippen LogP contribution in [0.15, 0.2) is 18.2 Å². The van der Waals surface area contributed by atoms with Crippen LogP contribution in [0.25, 0.3) is 0 Å². The molecule has 7 heteroatoms. The molecular weight excluding hydrogens is 313 g/mol. The molecular formula is C14H17ClFN3OS. The van der Waals surface area contributed by atoms with Crippen LogP contribution >= 0.6 is 22.9 Å². The lowest BCUT2D eigenvalue weighted by Crippen LogP contribution is -2.21. The number of aromatic nitrogens is 2. The Morgan fingerprint density at radius 3 is 2.86 bits per heavy atom. The highest BCUT2D eigenvalue weighted by atomic mass is 35.5. The topological polar surface area (TPSA) is 47.0 Å². The highest BCUT2D eigenvalue weighted by molar-refractivity contribution is 7.11. The SMILES string of the molecule is COCCNCCc1nnc(Cc2c(F)cccc2Cl)s1. The van der Waals surface area contributed by atoms with Gasteiger partial charge in [0.2, 0.25) is 0 Å². The van der Waals surface area contributed by atoms with E-state index in [-0.39, 0.29) is 5.82 Å². The van der Waals surface area contributed by atoms with Crippen molar-refractivity contribution in [2.45, 2.75) is 12.8 Å². The molecule has 1 aromatic carbocycles. The summed E-state index contributed by atoms with van der Waals surface area (Å²) in [6, 6.07) is 4.68. The summed E-state index contributed by atoms with van der Waals surface area (Å²) in [6.45, 7) is 2.32. The number of benzene rings is 1. The van der Waals surface area contributed by atoms with Crippen molar-refractivity contribution < 1.29 is 9.13 Å². The van der Waals surface area contributed by atoms with E-state index >= 15 is 0 Å². The van der Waals surface area contributed by atoms with Crippen molar-refractivity contribution in [2.24, 2.45) is 0 Å². The number of rotatable bonds is 8. The maximum absolute atomic E-state index is 13.7. The van der Waals surface area contributed by atoms with Crippen LogP contribution in [0.1, 0.15) is 15.6 Å². The summed E-state index contributed by atoms with van der Waals surface area (Å²) in [6.07, 6.45) is 1.17. The molecule has 1 heterocycles. The van der Waals surface area contributed by atoms with Crippen molar-refractivity contribution in [3.8, 4) is 0 Å². The van der Waals surface area contributed by atoms with Crippen LogP contribution in [0, 0.1) is 5.82 Å². The van der Waals surface area contributed by atoms with Gasteiger partial charge in [0, 0.05) is 43.6 Å². The minimum atomic E-state index is -0.305. The molecule has 21 heavy (non-hydrogen) atoms. The summed E-state index contributed by atoms with van der Waals surface area (Å²) < 4.78 is 18.7.